The summed E-state index contributed by atoms with van der Waals surface area (Å²) in [5.74, 6) is -1.32. The molecule has 0 heterocycles. The van der Waals surface area contributed by atoms with E-state index >= 15 is 0 Å². The Kier molecular flexibility index (Phi) is 10.3. The summed E-state index contributed by atoms with van der Waals surface area (Å²) in [5.41, 5.74) is 0. The van der Waals surface area contributed by atoms with Crippen LogP contribution in [0.25, 0.3) is 0 Å². The van der Waals surface area contributed by atoms with E-state index in [1.165, 1.54) is 12.8 Å². The van der Waals surface area contributed by atoms with Crippen molar-refractivity contribution in [2.24, 2.45) is 11.8 Å². The minimum Gasteiger partial charge on any atom is -0.481 e. The van der Waals surface area contributed by atoms with Crippen molar-refractivity contribution in [2.75, 3.05) is 0 Å². The lowest BCUT2D eigenvalue weighted by Crippen LogP contribution is -2.18. The van der Waals surface area contributed by atoms with Gasteiger partial charge in [-0.15, -0.1) is 0 Å². The average Bonchev–Trinajstić information content (AvgIpc) is 2.81. The van der Waals surface area contributed by atoms with Gasteiger partial charge in [0.15, 0.2) is 0 Å². The molecule has 0 amide bonds. The zero-order valence-corrected chi connectivity index (χ0v) is 15.1. The van der Waals surface area contributed by atoms with Gasteiger partial charge >= 0.3 is 5.97 Å². The van der Waals surface area contributed by atoms with Crippen LogP contribution in [0.3, 0.4) is 0 Å². The van der Waals surface area contributed by atoms with E-state index in [0.717, 1.165) is 12.8 Å². The number of carbonyl (C=O) groups excluding carboxylic acids is 1. The van der Waals surface area contributed by atoms with Crippen molar-refractivity contribution in [3.8, 4) is 0 Å². The molecule has 0 bridgehead atoms. The molecule has 5 heteroatoms. The normalized spacial score (nSPS) is 25.2. The van der Waals surface area contributed by atoms with E-state index in [4.69, 9.17) is 5.11 Å². The number of carboxylic acid groups (broad SMARTS) is 1. The predicted octanol–water partition coefficient (Wildman–Crippen LogP) is 3.25. The molecule has 4 atom stereocenters. The summed E-state index contributed by atoms with van der Waals surface area (Å²) in [4.78, 5) is 22.6. The number of carbonyl (C=O) groups is 2. The van der Waals surface area contributed by atoms with Gasteiger partial charge in [0.25, 0.3) is 0 Å². The Morgan fingerprint density at radius 2 is 2.04 bits per heavy atom. The molecule has 0 aromatic carbocycles. The van der Waals surface area contributed by atoms with Gasteiger partial charge in [-0.25, -0.2) is 0 Å². The fraction of sp³-hybridized carbons (Fsp3) is 0.700. The van der Waals surface area contributed by atoms with Gasteiger partial charge in [-0.2, -0.15) is 0 Å². The lowest BCUT2D eigenvalue weighted by atomic mass is 9.90. The molecule has 0 saturated heterocycles. The first-order valence-electron chi connectivity index (χ1n) is 9.39. The molecular formula is C20H32O5. The van der Waals surface area contributed by atoms with Crippen LogP contribution >= 0.6 is 0 Å². The number of aliphatic hydroxyl groups is 2. The Morgan fingerprint density at radius 3 is 2.72 bits per heavy atom. The van der Waals surface area contributed by atoms with Crippen LogP contribution in [0.15, 0.2) is 24.3 Å². The highest BCUT2D eigenvalue weighted by Gasteiger charge is 2.39. The third-order valence-electron chi connectivity index (χ3n) is 4.71. The number of unbranched alkanes of at least 4 members (excludes halogenated alkanes) is 3. The summed E-state index contributed by atoms with van der Waals surface area (Å²) < 4.78 is 0. The van der Waals surface area contributed by atoms with Gasteiger partial charge in [-0.05, 0) is 32.1 Å². The zero-order chi connectivity index (χ0) is 18.7. The third kappa shape index (κ3) is 8.45. The third-order valence-corrected chi connectivity index (χ3v) is 4.71. The topological polar surface area (TPSA) is 94.8 Å². The van der Waals surface area contributed by atoms with Crippen molar-refractivity contribution in [3.05, 3.63) is 24.3 Å². The van der Waals surface area contributed by atoms with E-state index in [2.05, 4.69) is 13.0 Å². The summed E-state index contributed by atoms with van der Waals surface area (Å²) in [6.45, 7) is 2.16. The largest absolute Gasteiger partial charge is 0.481 e. The molecule has 3 N–H and O–H groups in total. The first-order chi connectivity index (χ1) is 12.0. The van der Waals surface area contributed by atoms with Crippen molar-refractivity contribution >= 4 is 11.8 Å². The van der Waals surface area contributed by atoms with Crippen molar-refractivity contribution in [2.45, 2.75) is 76.9 Å². The molecule has 1 aliphatic rings. The number of rotatable bonds is 12. The Hall–Kier alpha value is -1.46. The summed E-state index contributed by atoms with van der Waals surface area (Å²) in [5, 5.41) is 28.6. The Balaban J connectivity index is 2.49. The summed E-state index contributed by atoms with van der Waals surface area (Å²) >= 11 is 0. The van der Waals surface area contributed by atoms with Crippen LogP contribution in [0.5, 0.6) is 0 Å². The molecule has 25 heavy (non-hydrogen) atoms. The first kappa shape index (κ1) is 21.6. The van der Waals surface area contributed by atoms with E-state index in [9.17, 15) is 19.8 Å². The minimum absolute atomic E-state index is 0.0287. The number of Topliss-reactive ketones (excluding diaryl/α,β-unsaturated/α-hetero) is 1. The van der Waals surface area contributed by atoms with E-state index in [-0.39, 0.29) is 30.5 Å². The monoisotopic (exact) mass is 352 g/mol. The molecule has 0 aromatic heterocycles. The van der Waals surface area contributed by atoms with Gasteiger partial charge in [0, 0.05) is 24.7 Å². The second-order valence-corrected chi connectivity index (χ2v) is 6.86. The number of aliphatic hydroxyl groups excluding tert-OH is 2. The van der Waals surface area contributed by atoms with Gasteiger partial charge in [0.2, 0.25) is 0 Å². The lowest BCUT2D eigenvalue weighted by Gasteiger charge is -2.16. The highest BCUT2D eigenvalue weighted by molar-refractivity contribution is 5.84. The number of hydrogen-bond donors (Lipinski definition) is 3. The smallest absolute Gasteiger partial charge is 0.303 e. The van der Waals surface area contributed by atoms with Gasteiger partial charge in [-0.3, -0.25) is 9.59 Å². The second kappa shape index (κ2) is 12.0. The molecule has 0 aliphatic heterocycles. The number of hydrogen-bond acceptors (Lipinski definition) is 4. The maximum atomic E-state index is 12.1. The molecule has 0 aromatic rings. The Labute approximate surface area is 150 Å². The molecule has 0 radical (unpaired) electrons. The van der Waals surface area contributed by atoms with Crippen molar-refractivity contribution < 1.29 is 24.9 Å². The van der Waals surface area contributed by atoms with Crippen LogP contribution in [0.1, 0.15) is 64.7 Å². The quantitative estimate of drug-likeness (QED) is 0.370. The van der Waals surface area contributed by atoms with E-state index in [1.807, 2.05) is 6.08 Å². The summed E-state index contributed by atoms with van der Waals surface area (Å²) in [6, 6.07) is 0. The number of ketones is 1. The van der Waals surface area contributed by atoms with Crippen molar-refractivity contribution in [3.63, 3.8) is 0 Å². The number of carboxylic acids is 1. The highest BCUT2D eigenvalue weighted by Crippen LogP contribution is 2.33. The lowest BCUT2D eigenvalue weighted by molar-refractivity contribution is -0.137. The van der Waals surface area contributed by atoms with Crippen LogP contribution in [0.2, 0.25) is 0 Å². The molecule has 1 rings (SSSR count). The van der Waals surface area contributed by atoms with Crippen LogP contribution in [-0.2, 0) is 9.59 Å². The number of allylic oxidation sites excluding steroid dienone is 2. The first-order valence-corrected chi connectivity index (χ1v) is 9.39. The molecule has 1 aliphatic carbocycles. The molecule has 0 spiro atoms. The molecular weight excluding hydrogens is 320 g/mol. The Morgan fingerprint density at radius 1 is 1.28 bits per heavy atom. The second-order valence-electron chi connectivity index (χ2n) is 6.86. The van der Waals surface area contributed by atoms with Gasteiger partial charge in [0.05, 0.1) is 12.2 Å². The SMILES string of the molecule is CCCCC/C=C\C[C@H]1C(=O)C[C@@H](O)[C@@H]1/C=C/[C@@H](O)CCCC(=O)O. The molecule has 142 valence electrons. The van der Waals surface area contributed by atoms with E-state index < -0.39 is 18.2 Å². The molecule has 1 fully saturated rings. The summed E-state index contributed by atoms with van der Waals surface area (Å²) in [7, 11) is 0. The molecule has 1 saturated carbocycles. The van der Waals surface area contributed by atoms with Crippen LogP contribution in [0, 0.1) is 11.8 Å². The maximum Gasteiger partial charge on any atom is 0.303 e. The van der Waals surface area contributed by atoms with Gasteiger partial charge in [-0.1, -0.05) is 44.1 Å². The predicted molar refractivity (Wildman–Crippen MR) is 97.1 cm³/mol. The fourth-order valence-electron chi connectivity index (χ4n) is 3.22. The van der Waals surface area contributed by atoms with Crippen LogP contribution < -0.4 is 0 Å². The van der Waals surface area contributed by atoms with E-state index in [0.29, 0.717) is 19.3 Å². The van der Waals surface area contributed by atoms with Crippen LogP contribution in [0.4, 0.5) is 0 Å². The molecule has 5 nitrogen and oxygen atoms in total. The zero-order valence-electron chi connectivity index (χ0n) is 15.1. The van der Waals surface area contributed by atoms with Gasteiger partial charge in [0.1, 0.15) is 5.78 Å². The number of aliphatic carboxylic acids is 1. The fourth-order valence-corrected chi connectivity index (χ4v) is 3.22. The minimum atomic E-state index is -0.876. The highest BCUT2D eigenvalue weighted by atomic mass is 16.4. The van der Waals surface area contributed by atoms with Crippen LogP contribution in [-0.4, -0.2) is 39.3 Å². The average molecular weight is 352 g/mol. The maximum absolute atomic E-state index is 12.1. The molecule has 0 unspecified atom stereocenters. The van der Waals surface area contributed by atoms with Crippen molar-refractivity contribution in [1.29, 1.82) is 0 Å². The van der Waals surface area contributed by atoms with E-state index in [1.54, 1.807) is 12.2 Å². The Bertz CT molecular complexity index is 469. The summed E-state index contributed by atoms with van der Waals surface area (Å²) in [6.07, 6.45) is 12.1. The van der Waals surface area contributed by atoms with Crippen molar-refractivity contribution in [1.82, 2.24) is 0 Å². The standard InChI is InChI=1S/C20H32O5/c1-2-3-4-5-6-7-10-16-17(19(23)14-18(16)22)13-12-15(21)9-8-11-20(24)25/h6-7,12-13,15-17,19,21,23H,2-5,8-11,14H2,1H3,(H,24,25)/b7-6-,13-12+/t15-,16+,17+,19+/m0/s1. The van der Waals surface area contributed by atoms with Gasteiger partial charge < -0.3 is 15.3 Å².